The summed E-state index contributed by atoms with van der Waals surface area (Å²) in [5, 5.41) is 19.3. The molecule has 1 saturated heterocycles. The predicted octanol–water partition coefficient (Wildman–Crippen LogP) is 4.12. The minimum atomic E-state index is -0.0737. The van der Waals surface area contributed by atoms with Crippen molar-refractivity contribution in [2.45, 2.75) is 19.6 Å². The highest BCUT2D eigenvalue weighted by Gasteiger charge is 2.27. The van der Waals surface area contributed by atoms with Gasteiger partial charge in [0, 0.05) is 43.6 Å². The first-order valence-corrected chi connectivity index (χ1v) is 12.5. The van der Waals surface area contributed by atoms with Gasteiger partial charge in [-0.05, 0) is 74.0 Å². The summed E-state index contributed by atoms with van der Waals surface area (Å²) in [7, 11) is 4.29. The number of aliphatic hydroxyl groups excluding tert-OH is 1. The van der Waals surface area contributed by atoms with Gasteiger partial charge in [-0.25, -0.2) is 4.98 Å². The highest BCUT2D eigenvalue weighted by atomic mass is 16.3. The molecule has 7 heteroatoms. The summed E-state index contributed by atoms with van der Waals surface area (Å²) >= 11 is 0. The lowest BCUT2D eigenvalue weighted by Crippen LogP contribution is -2.25. The van der Waals surface area contributed by atoms with Gasteiger partial charge in [-0.2, -0.15) is 5.26 Å². The lowest BCUT2D eigenvalue weighted by atomic mass is 10.1. The molecule has 0 radical (unpaired) electrons. The Kier molecular flexibility index (Phi) is 5.63. The summed E-state index contributed by atoms with van der Waals surface area (Å²) in [5.74, 6) is 1.52. The minimum Gasteiger partial charge on any atom is -0.390 e. The van der Waals surface area contributed by atoms with Gasteiger partial charge in [-0.3, -0.25) is 4.57 Å². The standard InChI is InChI=1S/C29H30N6O/c1-32(2)15-21-9-10-33(16-21)25-7-8-27-24(11-25)18-34-17-23(22-5-3-20(13-30)4-6-22)12-28(34)29-31-14-26(19-36)35(27)29/h3-8,11-12,14,17,21,36H,9-10,15-16,18-19H2,1-2H3. The van der Waals surface area contributed by atoms with Crippen LogP contribution in [0.1, 0.15) is 23.2 Å². The average molecular weight is 479 g/mol. The smallest absolute Gasteiger partial charge is 0.161 e. The van der Waals surface area contributed by atoms with E-state index < -0.39 is 0 Å². The Hall–Kier alpha value is -3.86. The largest absolute Gasteiger partial charge is 0.390 e. The number of hydrogen-bond acceptors (Lipinski definition) is 5. The molecule has 4 heterocycles. The number of nitrogens with zero attached hydrogens (tertiary/aromatic N) is 6. The molecule has 1 unspecified atom stereocenters. The lowest BCUT2D eigenvalue weighted by molar-refractivity contribution is 0.275. The molecule has 0 saturated carbocycles. The number of nitriles is 1. The molecular formula is C29H30N6O. The van der Waals surface area contributed by atoms with Crippen molar-refractivity contribution in [2.75, 3.05) is 38.6 Å². The van der Waals surface area contributed by atoms with Crippen LogP contribution >= 0.6 is 0 Å². The third-order valence-electron chi connectivity index (χ3n) is 7.39. The molecule has 1 N–H and O–H groups in total. The molecule has 1 fully saturated rings. The third-order valence-corrected chi connectivity index (χ3v) is 7.39. The van der Waals surface area contributed by atoms with E-state index in [1.807, 2.05) is 24.3 Å². The van der Waals surface area contributed by atoms with Gasteiger partial charge >= 0.3 is 0 Å². The zero-order chi connectivity index (χ0) is 24.8. The molecule has 36 heavy (non-hydrogen) atoms. The number of fused-ring (bicyclic) bond motifs is 5. The van der Waals surface area contributed by atoms with E-state index in [1.165, 1.54) is 17.7 Å². The number of aliphatic hydroxyl groups is 1. The topological polar surface area (TPSA) is 73.2 Å². The van der Waals surface area contributed by atoms with Gasteiger partial charge < -0.3 is 19.5 Å². The van der Waals surface area contributed by atoms with Crippen molar-refractivity contribution in [3.8, 4) is 34.4 Å². The molecule has 7 nitrogen and oxygen atoms in total. The van der Waals surface area contributed by atoms with E-state index in [0.29, 0.717) is 11.5 Å². The molecule has 0 aliphatic carbocycles. The van der Waals surface area contributed by atoms with E-state index >= 15 is 0 Å². The van der Waals surface area contributed by atoms with Crippen LogP contribution in [0.4, 0.5) is 5.69 Å². The van der Waals surface area contributed by atoms with Crippen LogP contribution in [-0.4, -0.2) is 57.9 Å². The first kappa shape index (κ1) is 22.6. The second-order valence-electron chi connectivity index (χ2n) is 10.2. The van der Waals surface area contributed by atoms with Crippen LogP contribution in [0.2, 0.25) is 0 Å². The number of rotatable bonds is 5. The van der Waals surface area contributed by atoms with E-state index in [4.69, 9.17) is 10.2 Å². The second-order valence-corrected chi connectivity index (χ2v) is 10.2. The van der Waals surface area contributed by atoms with Crippen LogP contribution in [0.15, 0.2) is 60.9 Å². The Morgan fingerprint density at radius 3 is 2.69 bits per heavy atom. The second kappa shape index (κ2) is 8.98. The summed E-state index contributed by atoms with van der Waals surface area (Å²) in [6, 6.07) is 18.7. The SMILES string of the molecule is CN(C)CC1CCN(c2ccc3c(c2)Cn2cc(-c4ccc(C#N)cc4)cc2-c2ncc(CO)n2-3)C1. The molecule has 182 valence electrons. The molecule has 6 rings (SSSR count). The van der Waals surface area contributed by atoms with Crippen molar-refractivity contribution in [2.24, 2.45) is 5.92 Å². The predicted molar refractivity (Wildman–Crippen MR) is 141 cm³/mol. The Morgan fingerprint density at radius 1 is 1.11 bits per heavy atom. The fourth-order valence-electron chi connectivity index (χ4n) is 5.70. The maximum Gasteiger partial charge on any atom is 0.161 e. The Bertz CT molecular complexity index is 1460. The van der Waals surface area contributed by atoms with E-state index in [9.17, 15) is 5.11 Å². The molecule has 2 aromatic heterocycles. The number of imidazole rings is 1. The molecule has 2 aliphatic rings. The van der Waals surface area contributed by atoms with Crippen LogP contribution in [0.25, 0.3) is 28.3 Å². The molecule has 0 amide bonds. The number of anilines is 1. The van der Waals surface area contributed by atoms with Gasteiger partial charge in [-0.1, -0.05) is 12.1 Å². The lowest BCUT2D eigenvalue weighted by Gasteiger charge is -2.22. The van der Waals surface area contributed by atoms with Crippen LogP contribution in [-0.2, 0) is 13.2 Å². The van der Waals surface area contributed by atoms with E-state index in [-0.39, 0.29) is 6.61 Å². The van der Waals surface area contributed by atoms with Gasteiger partial charge in [0.15, 0.2) is 5.82 Å². The highest BCUT2D eigenvalue weighted by Crippen LogP contribution is 2.37. The van der Waals surface area contributed by atoms with Gasteiger partial charge in [0.1, 0.15) is 0 Å². The van der Waals surface area contributed by atoms with E-state index in [2.05, 4.69) is 69.6 Å². The van der Waals surface area contributed by atoms with Crippen molar-refractivity contribution >= 4 is 5.69 Å². The number of hydrogen-bond donors (Lipinski definition) is 1. The zero-order valence-corrected chi connectivity index (χ0v) is 20.7. The zero-order valence-electron chi connectivity index (χ0n) is 20.7. The maximum absolute atomic E-state index is 10.1. The molecule has 0 bridgehead atoms. The monoisotopic (exact) mass is 478 g/mol. The molecule has 4 aromatic rings. The van der Waals surface area contributed by atoms with Crippen LogP contribution in [0.3, 0.4) is 0 Å². The van der Waals surface area contributed by atoms with Crippen molar-refractivity contribution in [3.05, 3.63) is 77.7 Å². The average Bonchev–Trinajstić information content (AvgIpc) is 3.61. The third kappa shape index (κ3) is 3.89. The van der Waals surface area contributed by atoms with Crippen molar-refractivity contribution in [1.82, 2.24) is 19.0 Å². The Labute approximate surface area is 211 Å². The molecule has 2 aliphatic heterocycles. The maximum atomic E-state index is 10.1. The normalized spacial score (nSPS) is 16.4. The summed E-state index contributed by atoms with van der Waals surface area (Å²) < 4.78 is 4.35. The van der Waals surface area contributed by atoms with Crippen molar-refractivity contribution in [1.29, 1.82) is 5.26 Å². The Morgan fingerprint density at radius 2 is 1.94 bits per heavy atom. The summed E-state index contributed by atoms with van der Waals surface area (Å²) in [5.41, 5.74) is 8.12. The fraction of sp³-hybridized carbons (Fsp3) is 0.310. The molecule has 1 atom stereocenters. The molecule has 2 aromatic carbocycles. The van der Waals surface area contributed by atoms with E-state index in [1.54, 1.807) is 6.20 Å². The van der Waals surface area contributed by atoms with Crippen LogP contribution in [0.5, 0.6) is 0 Å². The fourth-order valence-corrected chi connectivity index (χ4v) is 5.70. The van der Waals surface area contributed by atoms with Crippen molar-refractivity contribution < 1.29 is 5.11 Å². The summed E-state index contributed by atoms with van der Waals surface area (Å²) in [6.45, 7) is 3.91. The highest BCUT2D eigenvalue weighted by molar-refractivity contribution is 5.73. The van der Waals surface area contributed by atoms with Crippen molar-refractivity contribution in [3.63, 3.8) is 0 Å². The summed E-state index contributed by atoms with van der Waals surface area (Å²) in [6.07, 6.45) is 5.15. The summed E-state index contributed by atoms with van der Waals surface area (Å²) in [4.78, 5) is 9.50. The first-order valence-electron chi connectivity index (χ1n) is 12.5. The van der Waals surface area contributed by atoms with Gasteiger partial charge in [-0.15, -0.1) is 0 Å². The minimum absolute atomic E-state index is 0.0737. The number of benzene rings is 2. The molecule has 0 spiro atoms. The van der Waals surface area contributed by atoms with Gasteiger partial charge in [0.2, 0.25) is 0 Å². The first-order chi connectivity index (χ1) is 17.5. The quantitative estimate of drug-likeness (QED) is 0.411. The van der Waals surface area contributed by atoms with E-state index in [0.717, 1.165) is 60.2 Å². The van der Waals surface area contributed by atoms with Gasteiger partial charge in [0.05, 0.1) is 41.5 Å². The van der Waals surface area contributed by atoms with Crippen LogP contribution < -0.4 is 4.90 Å². The number of aromatic nitrogens is 3. The van der Waals surface area contributed by atoms with Crippen LogP contribution in [0, 0.1) is 17.2 Å². The Balaban J connectivity index is 1.41. The van der Waals surface area contributed by atoms with Gasteiger partial charge in [0.25, 0.3) is 0 Å². The molecular weight excluding hydrogens is 448 g/mol.